The van der Waals surface area contributed by atoms with Crippen LogP contribution in [0.25, 0.3) is 22.3 Å². The van der Waals surface area contributed by atoms with E-state index in [1.165, 1.54) is 17.0 Å². The monoisotopic (exact) mass is 375 g/mol. The van der Waals surface area contributed by atoms with E-state index in [1.807, 2.05) is 36.4 Å². The van der Waals surface area contributed by atoms with Crippen LogP contribution < -0.4 is 5.56 Å². The predicted molar refractivity (Wildman–Crippen MR) is 108 cm³/mol. The molecule has 0 unspecified atom stereocenters. The van der Waals surface area contributed by atoms with E-state index in [9.17, 15) is 9.90 Å². The molecular weight excluding hydrogens is 362 g/mol. The molecule has 0 bridgehead atoms. The number of para-hydroxylation sites is 1. The highest BCUT2D eigenvalue weighted by molar-refractivity contribution is 6.32. The van der Waals surface area contributed by atoms with Gasteiger partial charge in [0, 0.05) is 5.56 Å². The van der Waals surface area contributed by atoms with Crippen LogP contribution in [0.15, 0.2) is 82.7 Å². The summed E-state index contributed by atoms with van der Waals surface area (Å²) in [6, 6.07) is 21.3. The van der Waals surface area contributed by atoms with Gasteiger partial charge in [0.25, 0.3) is 5.56 Å². The molecule has 5 nitrogen and oxygen atoms in total. The first-order valence-corrected chi connectivity index (χ1v) is 8.61. The molecule has 0 atom stereocenters. The number of benzene rings is 3. The molecule has 0 saturated heterocycles. The smallest absolute Gasteiger partial charge is 0.282 e. The summed E-state index contributed by atoms with van der Waals surface area (Å²) in [5.41, 5.74) is 1.78. The average molecular weight is 376 g/mol. The molecule has 1 heterocycles. The van der Waals surface area contributed by atoms with E-state index in [-0.39, 0.29) is 16.3 Å². The number of nitrogens with zero attached hydrogens (tertiary/aromatic N) is 3. The van der Waals surface area contributed by atoms with Crippen LogP contribution in [-0.2, 0) is 0 Å². The van der Waals surface area contributed by atoms with Crippen molar-refractivity contribution in [2.24, 2.45) is 5.10 Å². The summed E-state index contributed by atoms with van der Waals surface area (Å²) < 4.78 is 1.28. The summed E-state index contributed by atoms with van der Waals surface area (Å²) in [5.74, 6) is 0.434. The van der Waals surface area contributed by atoms with Gasteiger partial charge in [-0.3, -0.25) is 4.79 Å². The first-order valence-electron chi connectivity index (χ1n) is 8.23. The Hall–Kier alpha value is -3.44. The van der Waals surface area contributed by atoms with Crippen LogP contribution in [0.4, 0.5) is 0 Å². The Labute approximate surface area is 159 Å². The number of hydrogen-bond acceptors (Lipinski definition) is 4. The van der Waals surface area contributed by atoms with E-state index in [2.05, 4.69) is 10.1 Å². The van der Waals surface area contributed by atoms with Gasteiger partial charge in [0.2, 0.25) is 0 Å². The fraction of sp³-hybridized carbons (Fsp3) is 0. The van der Waals surface area contributed by atoms with Gasteiger partial charge in [0.05, 0.1) is 22.1 Å². The summed E-state index contributed by atoms with van der Waals surface area (Å²) in [5, 5.41) is 14.6. The number of halogens is 1. The largest absolute Gasteiger partial charge is 0.506 e. The highest BCUT2D eigenvalue weighted by Gasteiger charge is 2.12. The maximum absolute atomic E-state index is 13.0. The topological polar surface area (TPSA) is 67.5 Å². The number of aromatic hydroxyl groups is 1. The molecule has 0 spiro atoms. The van der Waals surface area contributed by atoms with Gasteiger partial charge in [-0.25, -0.2) is 4.98 Å². The Balaban J connectivity index is 1.92. The lowest BCUT2D eigenvalue weighted by atomic mass is 10.2. The van der Waals surface area contributed by atoms with Gasteiger partial charge in [-0.2, -0.15) is 9.78 Å². The minimum absolute atomic E-state index is 0.0108. The molecular formula is C21H14ClN3O2. The highest BCUT2D eigenvalue weighted by atomic mass is 35.5. The number of fused-ring (bicyclic) bond motifs is 1. The van der Waals surface area contributed by atoms with E-state index in [0.29, 0.717) is 22.3 Å². The fourth-order valence-corrected chi connectivity index (χ4v) is 2.92. The first-order chi connectivity index (χ1) is 13.1. The molecule has 132 valence electrons. The molecule has 0 aliphatic heterocycles. The number of phenolic OH excluding ortho intramolecular Hbond substituents is 1. The highest BCUT2D eigenvalue weighted by Crippen LogP contribution is 2.23. The third kappa shape index (κ3) is 3.32. The summed E-state index contributed by atoms with van der Waals surface area (Å²) >= 11 is 5.94. The fourth-order valence-electron chi connectivity index (χ4n) is 2.73. The molecule has 0 aliphatic rings. The predicted octanol–water partition coefficient (Wildman–Crippen LogP) is 4.30. The third-order valence-corrected chi connectivity index (χ3v) is 4.38. The summed E-state index contributed by atoms with van der Waals surface area (Å²) in [6.07, 6.45) is 1.51. The van der Waals surface area contributed by atoms with Crippen molar-refractivity contribution in [3.05, 3.63) is 93.7 Å². The molecule has 0 amide bonds. The lowest BCUT2D eigenvalue weighted by Gasteiger charge is -2.09. The van der Waals surface area contributed by atoms with Gasteiger partial charge in [0.15, 0.2) is 5.82 Å². The van der Waals surface area contributed by atoms with E-state index in [0.717, 1.165) is 5.56 Å². The molecule has 6 heteroatoms. The van der Waals surface area contributed by atoms with Crippen molar-refractivity contribution in [2.75, 3.05) is 0 Å². The van der Waals surface area contributed by atoms with Crippen molar-refractivity contribution < 1.29 is 5.11 Å². The van der Waals surface area contributed by atoms with Crippen LogP contribution in [0.5, 0.6) is 5.75 Å². The van der Waals surface area contributed by atoms with Crippen molar-refractivity contribution in [1.82, 2.24) is 9.66 Å². The quantitative estimate of drug-likeness (QED) is 0.543. The Bertz CT molecular complexity index is 1220. The van der Waals surface area contributed by atoms with Crippen molar-refractivity contribution in [1.29, 1.82) is 0 Å². The van der Waals surface area contributed by atoms with Gasteiger partial charge in [-0.1, -0.05) is 54.1 Å². The summed E-state index contributed by atoms with van der Waals surface area (Å²) in [7, 11) is 0. The lowest BCUT2D eigenvalue weighted by molar-refractivity contribution is 0.475. The Morgan fingerprint density at radius 3 is 2.52 bits per heavy atom. The Morgan fingerprint density at radius 2 is 1.74 bits per heavy atom. The van der Waals surface area contributed by atoms with Crippen LogP contribution >= 0.6 is 11.6 Å². The van der Waals surface area contributed by atoms with Gasteiger partial charge >= 0.3 is 0 Å². The van der Waals surface area contributed by atoms with Crippen LogP contribution in [-0.4, -0.2) is 21.0 Å². The molecule has 0 aliphatic carbocycles. The third-order valence-electron chi connectivity index (χ3n) is 4.08. The second kappa shape index (κ2) is 7.05. The SMILES string of the molecule is O=c1c2ccccc2nc(-c2ccccc2)n1N=Cc1ccc(O)c(Cl)c1. The molecule has 0 saturated carbocycles. The van der Waals surface area contributed by atoms with Crippen LogP contribution in [0.3, 0.4) is 0 Å². The van der Waals surface area contributed by atoms with Crippen molar-refractivity contribution >= 4 is 28.7 Å². The summed E-state index contributed by atoms with van der Waals surface area (Å²) in [4.78, 5) is 17.6. The molecule has 3 aromatic carbocycles. The molecule has 27 heavy (non-hydrogen) atoms. The molecule has 1 aromatic heterocycles. The maximum atomic E-state index is 13.0. The van der Waals surface area contributed by atoms with Crippen LogP contribution in [0, 0.1) is 0 Å². The average Bonchev–Trinajstić information content (AvgIpc) is 2.70. The van der Waals surface area contributed by atoms with E-state index in [1.54, 1.807) is 30.3 Å². The van der Waals surface area contributed by atoms with Crippen molar-refractivity contribution in [3.63, 3.8) is 0 Å². The molecule has 0 fully saturated rings. The van der Waals surface area contributed by atoms with E-state index < -0.39 is 0 Å². The van der Waals surface area contributed by atoms with Crippen LogP contribution in [0.2, 0.25) is 5.02 Å². The van der Waals surface area contributed by atoms with Gasteiger partial charge < -0.3 is 5.11 Å². The zero-order valence-electron chi connectivity index (χ0n) is 14.1. The van der Waals surface area contributed by atoms with Crippen molar-refractivity contribution in [2.45, 2.75) is 0 Å². The normalized spacial score (nSPS) is 11.3. The Kier molecular flexibility index (Phi) is 4.44. The molecule has 4 aromatic rings. The van der Waals surface area contributed by atoms with Gasteiger partial charge in [-0.05, 0) is 35.9 Å². The van der Waals surface area contributed by atoms with E-state index in [4.69, 9.17) is 11.6 Å². The number of phenols is 1. The molecule has 0 radical (unpaired) electrons. The standard InChI is InChI=1S/C21H14ClN3O2/c22-17-12-14(10-11-19(17)26)13-23-25-20(15-6-2-1-3-7-15)24-18-9-5-4-8-16(18)21(25)27/h1-13,26H. The second-order valence-corrected chi connectivity index (χ2v) is 6.30. The van der Waals surface area contributed by atoms with Crippen LogP contribution in [0.1, 0.15) is 5.56 Å². The minimum atomic E-state index is -0.263. The number of hydrogen-bond donors (Lipinski definition) is 1. The maximum Gasteiger partial charge on any atom is 0.282 e. The number of rotatable bonds is 3. The minimum Gasteiger partial charge on any atom is -0.506 e. The molecule has 4 rings (SSSR count). The van der Waals surface area contributed by atoms with E-state index >= 15 is 0 Å². The zero-order chi connectivity index (χ0) is 18.8. The van der Waals surface area contributed by atoms with Gasteiger partial charge in [0.1, 0.15) is 5.75 Å². The second-order valence-electron chi connectivity index (χ2n) is 5.89. The zero-order valence-corrected chi connectivity index (χ0v) is 14.8. The first kappa shape index (κ1) is 17.0. The Morgan fingerprint density at radius 1 is 1.00 bits per heavy atom. The summed E-state index contributed by atoms with van der Waals surface area (Å²) in [6.45, 7) is 0. The number of aromatic nitrogens is 2. The lowest BCUT2D eigenvalue weighted by Crippen LogP contribution is -2.20. The van der Waals surface area contributed by atoms with Crippen molar-refractivity contribution in [3.8, 4) is 17.1 Å². The molecule has 1 N–H and O–H groups in total. The van der Waals surface area contributed by atoms with Gasteiger partial charge in [-0.15, -0.1) is 0 Å².